The standard InChI is InChI=1S/C20H17ClN4O/c1-12-4-9-16(10-13(12)2)25(3)19-17-18(14-5-7-15(21)8-6-14)24-26-20(17)23-11-22-19/h4-11H,1-3H3. The molecule has 0 unspecified atom stereocenters. The van der Waals surface area contributed by atoms with Crippen LogP contribution in [-0.2, 0) is 0 Å². The smallest absolute Gasteiger partial charge is 0.263 e. The van der Waals surface area contributed by atoms with Gasteiger partial charge < -0.3 is 9.42 Å². The summed E-state index contributed by atoms with van der Waals surface area (Å²) in [5, 5.41) is 5.66. The zero-order valence-corrected chi connectivity index (χ0v) is 15.4. The Morgan fingerprint density at radius 2 is 1.73 bits per heavy atom. The Morgan fingerprint density at radius 3 is 2.46 bits per heavy atom. The molecule has 4 aromatic rings. The maximum absolute atomic E-state index is 6.00. The normalized spacial score (nSPS) is 11.1. The van der Waals surface area contributed by atoms with Crippen LogP contribution < -0.4 is 4.90 Å². The summed E-state index contributed by atoms with van der Waals surface area (Å²) in [5.74, 6) is 0.740. The van der Waals surface area contributed by atoms with Crippen molar-refractivity contribution in [2.75, 3.05) is 11.9 Å². The van der Waals surface area contributed by atoms with Crippen molar-refractivity contribution >= 4 is 34.2 Å². The molecule has 4 rings (SSSR count). The van der Waals surface area contributed by atoms with E-state index in [9.17, 15) is 0 Å². The Hall–Kier alpha value is -2.92. The lowest BCUT2D eigenvalue weighted by molar-refractivity contribution is 0.451. The number of aromatic nitrogens is 3. The molecule has 130 valence electrons. The fourth-order valence-corrected chi connectivity index (χ4v) is 3.01. The van der Waals surface area contributed by atoms with E-state index in [4.69, 9.17) is 16.1 Å². The molecular weight excluding hydrogens is 348 g/mol. The van der Waals surface area contributed by atoms with Gasteiger partial charge >= 0.3 is 0 Å². The molecule has 0 saturated carbocycles. The van der Waals surface area contributed by atoms with Crippen molar-refractivity contribution in [1.29, 1.82) is 0 Å². The molecule has 0 bridgehead atoms. The quantitative estimate of drug-likeness (QED) is 0.492. The van der Waals surface area contributed by atoms with E-state index >= 15 is 0 Å². The highest BCUT2D eigenvalue weighted by Gasteiger charge is 2.20. The minimum Gasteiger partial charge on any atom is -0.335 e. The lowest BCUT2D eigenvalue weighted by atomic mass is 10.1. The Morgan fingerprint density at radius 1 is 0.962 bits per heavy atom. The van der Waals surface area contributed by atoms with Crippen molar-refractivity contribution in [3.63, 3.8) is 0 Å². The molecule has 0 spiro atoms. The third-order valence-corrected chi connectivity index (χ3v) is 4.82. The average Bonchev–Trinajstić information content (AvgIpc) is 3.08. The highest BCUT2D eigenvalue weighted by Crippen LogP contribution is 2.35. The average molecular weight is 365 g/mol. The van der Waals surface area contributed by atoms with Crippen LogP contribution in [-0.4, -0.2) is 22.2 Å². The predicted octanol–water partition coefficient (Wildman–Crippen LogP) is 5.32. The molecule has 2 aromatic heterocycles. The minimum atomic E-state index is 0.454. The zero-order valence-electron chi connectivity index (χ0n) is 14.7. The fourth-order valence-electron chi connectivity index (χ4n) is 2.89. The van der Waals surface area contributed by atoms with Crippen LogP contribution >= 0.6 is 11.6 Å². The van der Waals surface area contributed by atoms with E-state index in [1.165, 1.54) is 17.5 Å². The lowest BCUT2D eigenvalue weighted by Gasteiger charge is -2.20. The summed E-state index contributed by atoms with van der Waals surface area (Å²) >= 11 is 6.00. The van der Waals surface area contributed by atoms with Crippen molar-refractivity contribution < 1.29 is 4.52 Å². The second-order valence-electron chi connectivity index (χ2n) is 6.24. The molecule has 26 heavy (non-hydrogen) atoms. The molecule has 0 atom stereocenters. The van der Waals surface area contributed by atoms with Gasteiger partial charge in [-0.3, -0.25) is 0 Å². The van der Waals surface area contributed by atoms with Crippen molar-refractivity contribution in [3.8, 4) is 11.3 Å². The number of nitrogens with zero attached hydrogens (tertiary/aromatic N) is 4. The lowest BCUT2D eigenvalue weighted by Crippen LogP contribution is -2.12. The fraction of sp³-hybridized carbons (Fsp3) is 0.150. The maximum atomic E-state index is 6.00. The number of halogens is 1. The van der Waals surface area contributed by atoms with Gasteiger partial charge in [0.2, 0.25) is 0 Å². The summed E-state index contributed by atoms with van der Waals surface area (Å²) in [6.07, 6.45) is 1.49. The summed E-state index contributed by atoms with van der Waals surface area (Å²) < 4.78 is 5.44. The largest absolute Gasteiger partial charge is 0.335 e. The van der Waals surface area contributed by atoms with Gasteiger partial charge in [-0.25, -0.2) is 4.98 Å². The molecule has 2 heterocycles. The summed E-state index contributed by atoms with van der Waals surface area (Å²) in [6, 6.07) is 13.8. The van der Waals surface area contributed by atoms with Crippen molar-refractivity contribution in [2.24, 2.45) is 0 Å². The highest BCUT2D eigenvalue weighted by atomic mass is 35.5. The number of hydrogen-bond acceptors (Lipinski definition) is 5. The van der Waals surface area contributed by atoms with Crippen LogP contribution in [0.1, 0.15) is 11.1 Å². The van der Waals surface area contributed by atoms with Gasteiger partial charge in [0.05, 0.1) is 0 Å². The van der Waals surface area contributed by atoms with Crippen LogP contribution in [0.2, 0.25) is 5.02 Å². The second-order valence-corrected chi connectivity index (χ2v) is 6.68. The molecule has 5 nitrogen and oxygen atoms in total. The first-order chi connectivity index (χ1) is 12.5. The van der Waals surface area contributed by atoms with E-state index in [1.54, 1.807) is 0 Å². The van der Waals surface area contributed by atoms with Gasteiger partial charge in [0.1, 0.15) is 23.2 Å². The molecule has 0 aliphatic rings. The van der Waals surface area contributed by atoms with Gasteiger partial charge in [-0.2, -0.15) is 4.98 Å². The van der Waals surface area contributed by atoms with Gasteiger partial charge in [0, 0.05) is 23.3 Å². The number of benzene rings is 2. The summed E-state index contributed by atoms with van der Waals surface area (Å²) in [6.45, 7) is 4.20. The molecule has 6 heteroatoms. The van der Waals surface area contributed by atoms with E-state index in [2.05, 4.69) is 47.2 Å². The highest BCUT2D eigenvalue weighted by molar-refractivity contribution is 6.30. The first-order valence-corrected chi connectivity index (χ1v) is 8.59. The molecule has 0 aliphatic heterocycles. The van der Waals surface area contributed by atoms with Crippen LogP contribution in [0.15, 0.2) is 53.3 Å². The number of rotatable bonds is 3. The first kappa shape index (κ1) is 16.5. The summed E-state index contributed by atoms with van der Waals surface area (Å²) in [7, 11) is 1.98. The summed E-state index contributed by atoms with van der Waals surface area (Å²) in [5.41, 5.74) is 5.57. The Labute approximate surface area is 156 Å². The SMILES string of the molecule is Cc1ccc(N(C)c2ncnc3onc(-c4ccc(Cl)cc4)c23)cc1C. The van der Waals surface area contributed by atoms with Crippen LogP contribution in [0.5, 0.6) is 0 Å². The topological polar surface area (TPSA) is 55.1 Å². The van der Waals surface area contributed by atoms with E-state index in [0.29, 0.717) is 16.4 Å². The Bertz CT molecular complexity index is 1090. The third-order valence-electron chi connectivity index (χ3n) is 4.57. The molecule has 0 radical (unpaired) electrons. The molecule has 2 aromatic carbocycles. The third kappa shape index (κ3) is 2.80. The summed E-state index contributed by atoms with van der Waals surface area (Å²) in [4.78, 5) is 10.7. The van der Waals surface area contributed by atoms with Gasteiger partial charge in [-0.15, -0.1) is 0 Å². The number of anilines is 2. The first-order valence-electron chi connectivity index (χ1n) is 8.22. The van der Waals surface area contributed by atoms with Gasteiger partial charge in [0.25, 0.3) is 5.71 Å². The Balaban J connectivity index is 1.88. The molecule has 0 aliphatic carbocycles. The van der Waals surface area contributed by atoms with E-state index in [-0.39, 0.29) is 0 Å². The predicted molar refractivity (Wildman–Crippen MR) is 104 cm³/mol. The Kier molecular flexibility index (Phi) is 4.09. The molecule has 0 saturated heterocycles. The molecule has 0 fully saturated rings. The molecule has 0 amide bonds. The van der Waals surface area contributed by atoms with Gasteiger partial charge in [-0.1, -0.05) is 35.0 Å². The van der Waals surface area contributed by atoms with Crippen molar-refractivity contribution in [3.05, 3.63) is 64.9 Å². The van der Waals surface area contributed by atoms with Crippen LogP contribution in [0.3, 0.4) is 0 Å². The number of hydrogen-bond donors (Lipinski definition) is 0. The second kappa shape index (κ2) is 6.42. The van der Waals surface area contributed by atoms with Crippen molar-refractivity contribution in [2.45, 2.75) is 13.8 Å². The molecule has 0 N–H and O–H groups in total. The van der Waals surface area contributed by atoms with Crippen LogP contribution in [0.4, 0.5) is 11.5 Å². The van der Waals surface area contributed by atoms with Crippen LogP contribution in [0.25, 0.3) is 22.4 Å². The van der Waals surface area contributed by atoms with E-state index in [0.717, 1.165) is 22.5 Å². The number of aryl methyl sites for hydroxylation is 2. The maximum Gasteiger partial charge on any atom is 0.263 e. The van der Waals surface area contributed by atoms with Crippen LogP contribution in [0, 0.1) is 13.8 Å². The number of fused-ring (bicyclic) bond motifs is 1. The van der Waals surface area contributed by atoms with Crippen molar-refractivity contribution in [1.82, 2.24) is 15.1 Å². The monoisotopic (exact) mass is 364 g/mol. The van der Waals surface area contributed by atoms with Gasteiger partial charge in [-0.05, 0) is 49.2 Å². The van der Waals surface area contributed by atoms with E-state index in [1.807, 2.05) is 36.2 Å². The van der Waals surface area contributed by atoms with Gasteiger partial charge in [0.15, 0.2) is 0 Å². The van der Waals surface area contributed by atoms with E-state index < -0.39 is 0 Å². The zero-order chi connectivity index (χ0) is 18.3. The minimum absolute atomic E-state index is 0.454. The molecular formula is C20H17ClN4O.